The molecule has 3 aromatic heterocycles. The molecule has 5 aromatic rings. The van der Waals surface area contributed by atoms with Crippen LogP contribution < -0.4 is 10.1 Å². The lowest BCUT2D eigenvalue weighted by Gasteiger charge is -2.09. The van der Waals surface area contributed by atoms with Crippen LogP contribution in [0.2, 0.25) is 0 Å². The highest BCUT2D eigenvalue weighted by molar-refractivity contribution is 7.20. The van der Waals surface area contributed by atoms with Gasteiger partial charge in [0.25, 0.3) is 5.91 Å². The van der Waals surface area contributed by atoms with Crippen molar-refractivity contribution in [3.05, 3.63) is 90.1 Å². The third kappa shape index (κ3) is 4.15. The quantitative estimate of drug-likeness (QED) is 0.415. The molecule has 0 aliphatic rings. The molecule has 0 fully saturated rings. The van der Waals surface area contributed by atoms with E-state index in [1.807, 2.05) is 30.3 Å². The molecule has 5 rings (SSSR count). The average Bonchev–Trinajstić information content (AvgIpc) is 3.45. The Kier molecular flexibility index (Phi) is 4.89. The van der Waals surface area contributed by atoms with Gasteiger partial charge in [-0.1, -0.05) is 18.2 Å². The number of nitrogens with zero attached hydrogens (tertiary/aromatic N) is 4. The molecule has 3 heterocycles. The third-order valence-corrected chi connectivity index (χ3v) is 5.67. The van der Waals surface area contributed by atoms with E-state index < -0.39 is 0 Å². The molecule has 152 valence electrons. The maximum absolute atomic E-state index is 12.6. The molecule has 0 spiro atoms. The van der Waals surface area contributed by atoms with Crippen LogP contribution in [-0.4, -0.2) is 25.4 Å². The number of rotatable bonds is 5. The first kappa shape index (κ1) is 19.0. The molecule has 0 radical (unpaired) electrons. The molecule has 31 heavy (non-hydrogen) atoms. The first-order chi connectivity index (χ1) is 15.1. The van der Waals surface area contributed by atoms with Crippen molar-refractivity contribution in [1.82, 2.24) is 19.5 Å². The van der Waals surface area contributed by atoms with Gasteiger partial charge in [0.2, 0.25) is 5.88 Å². The molecule has 1 amide bonds. The minimum atomic E-state index is -0.133. The van der Waals surface area contributed by atoms with Gasteiger partial charge in [0.05, 0.1) is 4.88 Å². The number of aromatic nitrogens is 4. The molecule has 2 aromatic carbocycles. The molecule has 0 bridgehead atoms. The number of fused-ring (bicyclic) bond motifs is 1. The van der Waals surface area contributed by atoms with E-state index in [4.69, 9.17) is 4.74 Å². The summed E-state index contributed by atoms with van der Waals surface area (Å²) in [7, 11) is 0. The van der Waals surface area contributed by atoms with Crippen LogP contribution in [-0.2, 0) is 0 Å². The van der Waals surface area contributed by atoms with Crippen LogP contribution in [0.4, 0.5) is 5.69 Å². The Morgan fingerprint density at radius 1 is 1.06 bits per heavy atom. The Bertz CT molecular complexity index is 1330. The Balaban J connectivity index is 1.29. The molecule has 7 nitrogen and oxygen atoms in total. The van der Waals surface area contributed by atoms with E-state index >= 15 is 0 Å². The molecule has 0 saturated heterocycles. The second kappa shape index (κ2) is 8.00. The monoisotopic (exact) mass is 427 g/mol. The van der Waals surface area contributed by atoms with Crippen molar-refractivity contribution >= 4 is 33.0 Å². The zero-order chi connectivity index (χ0) is 21.2. The number of hydrogen-bond acceptors (Lipinski definition) is 6. The van der Waals surface area contributed by atoms with Gasteiger partial charge in [-0.05, 0) is 48.7 Å². The molecule has 0 aliphatic carbocycles. The number of nitrogens with one attached hydrogen (secondary N) is 1. The Morgan fingerprint density at radius 2 is 1.90 bits per heavy atom. The third-order valence-electron chi connectivity index (χ3n) is 4.55. The van der Waals surface area contributed by atoms with Gasteiger partial charge in [-0.15, -0.1) is 11.3 Å². The minimum absolute atomic E-state index is 0.133. The van der Waals surface area contributed by atoms with Crippen molar-refractivity contribution < 1.29 is 9.53 Å². The molecule has 1 N–H and O–H groups in total. The van der Waals surface area contributed by atoms with Crippen molar-refractivity contribution in [2.45, 2.75) is 6.92 Å². The van der Waals surface area contributed by atoms with Crippen molar-refractivity contribution in [3.8, 4) is 17.4 Å². The molecule has 0 atom stereocenters. The smallest absolute Gasteiger partial charge is 0.265 e. The number of aryl methyl sites for hydroxylation is 1. The number of benzene rings is 2. The molecule has 0 unspecified atom stereocenters. The van der Waals surface area contributed by atoms with Gasteiger partial charge in [-0.2, -0.15) is 4.98 Å². The summed E-state index contributed by atoms with van der Waals surface area (Å²) in [6, 6.07) is 18.8. The van der Waals surface area contributed by atoms with Crippen LogP contribution in [0.3, 0.4) is 0 Å². The summed E-state index contributed by atoms with van der Waals surface area (Å²) in [6.07, 6.45) is 5.16. The SMILES string of the molecule is Cc1nc(Oc2ccc(NC(=O)c3cc4ccccc4s3)cc2)cc(-n2ccnc2)n1. The van der Waals surface area contributed by atoms with Crippen LogP contribution in [0.15, 0.2) is 79.4 Å². The summed E-state index contributed by atoms with van der Waals surface area (Å²) in [5.74, 6) is 2.17. The first-order valence-corrected chi connectivity index (χ1v) is 10.4. The van der Waals surface area contributed by atoms with Crippen molar-refractivity contribution in [2.75, 3.05) is 5.32 Å². The normalized spacial score (nSPS) is 10.9. The summed E-state index contributed by atoms with van der Waals surface area (Å²) >= 11 is 1.47. The van der Waals surface area contributed by atoms with E-state index in [1.54, 1.807) is 60.5 Å². The van der Waals surface area contributed by atoms with Gasteiger partial charge in [0.1, 0.15) is 23.7 Å². The largest absolute Gasteiger partial charge is 0.439 e. The lowest BCUT2D eigenvalue weighted by atomic mass is 10.2. The van der Waals surface area contributed by atoms with E-state index in [9.17, 15) is 4.79 Å². The fourth-order valence-corrected chi connectivity index (χ4v) is 4.08. The molecule has 8 heteroatoms. The van der Waals surface area contributed by atoms with Crippen LogP contribution in [0.1, 0.15) is 15.5 Å². The number of hydrogen-bond donors (Lipinski definition) is 1. The second-order valence-corrected chi connectivity index (χ2v) is 7.89. The molecular weight excluding hydrogens is 410 g/mol. The van der Waals surface area contributed by atoms with Crippen LogP contribution >= 0.6 is 11.3 Å². The number of amides is 1. The van der Waals surface area contributed by atoms with Crippen LogP contribution in [0.25, 0.3) is 15.9 Å². The maximum atomic E-state index is 12.6. The number of imidazole rings is 1. The minimum Gasteiger partial charge on any atom is -0.439 e. The average molecular weight is 427 g/mol. The number of thiophene rings is 1. The standard InChI is InChI=1S/C23H17N5O2S/c1-15-25-21(28-11-10-24-14-28)13-22(26-15)30-18-8-6-17(7-9-18)27-23(29)20-12-16-4-2-3-5-19(16)31-20/h2-14H,1H3,(H,27,29). The lowest BCUT2D eigenvalue weighted by Crippen LogP contribution is -2.09. The highest BCUT2D eigenvalue weighted by Gasteiger charge is 2.11. The van der Waals surface area contributed by atoms with Crippen molar-refractivity contribution in [2.24, 2.45) is 0 Å². The number of anilines is 1. The van der Waals surface area contributed by atoms with Gasteiger partial charge in [0, 0.05) is 28.8 Å². The number of carbonyl (C=O) groups is 1. The van der Waals surface area contributed by atoms with Crippen LogP contribution in [0, 0.1) is 6.92 Å². The zero-order valence-electron chi connectivity index (χ0n) is 16.5. The Hall–Kier alpha value is -4.04. The van der Waals surface area contributed by atoms with Gasteiger partial charge >= 0.3 is 0 Å². The first-order valence-electron chi connectivity index (χ1n) is 9.56. The zero-order valence-corrected chi connectivity index (χ0v) is 17.3. The van der Waals surface area contributed by atoms with Crippen molar-refractivity contribution in [1.29, 1.82) is 0 Å². The number of carbonyl (C=O) groups excluding carboxylic acids is 1. The molecule has 0 saturated carbocycles. The van der Waals surface area contributed by atoms with E-state index in [0.29, 0.717) is 33.8 Å². The van der Waals surface area contributed by atoms with Crippen LogP contribution in [0.5, 0.6) is 11.6 Å². The predicted octanol–water partition coefficient (Wildman–Crippen LogP) is 5.23. The fourth-order valence-electron chi connectivity index (χ4n) is 3.12. The van der Waals surface area contributed by atoms with Gasteiger partial charge < -0.3 is 10.1 Å². The van der Waals surface area contributed by atoms with E-state index in [1.165, 1.54) is 11.3 Å². The van der Waals surface area contributed by atoms with Gasteiger partial charge in [0.15, 0.2) is 0 Å². The molecule has 0 aliphatic heterocycles. The fraction of sp³-hybridized carbons (Fsp3) is 0.0435. The summed E-state index contributed by atoms with van der Waals surface area (Å²) < 4.78 is 8.76. The summed E-state index contributed by atoms with van der Waals surface area (Å²) in [5, 5.41) is 3.99. The summed E-state index contributed by atoms with van der Waals surface area (Å²) in [6.45, 7) is 1.81. The molecular formula is C23H17N5O2S. The highest BCUT2D eigenvalue weighted by Crippen LogP contribution is 2.27. The number of ether oxygens (including phenoxy) is 1. The highest BCUT2D eigenvalue weighted by atomic mass is 32.1. The van der Waals surface area contributed by atoms with Gasteiger partial charge in [-0.3, -0.25) is 9.36 Å². The van der Waals surface area contributed by atoms with Crippen molar-refractivity contribution in [3.63, 3.8) is 0 Å². The summed E-state index contributed by atoms with van der Waals surface area (Å²) in [5.41, 5.74) is 0.688. The van der Waals surface area contributed by atoms with E-state index in [0.717, 1.165) is 10.1 Å². The Morgan fingerprint density at radius 3 is 2.68 bits per heavy atom. The van der Waals surface area contributed by atoms with E-state index in [-0.39, 0.29) is 5.91 Å². The topological polar surface area (TPSA) is 81.9 Å². The lowest BCUT2D eigenvalue weighted by molar-refractivity contribution is 0.103. The maximum Gasteiger partial charge on any atom is 0.265 e. The second-order valence-electron chi connectivity index (χ2n) is 6.81. The summed E-state index contributed by atoms with van der Waals surface area (Å²) in [4.78, 5) is 26.0. The predicted molar refractivity (Wildman–Crippen MR) is 120 cm³/mol. The van der Waals surface area contributed by atoms with E-state index in [2.05, 4.69) is 20.3 Å². The van der Waals surface area contributed by atoms with Gasteiger partial charge in [-0.25, -0.2) is 9.97 Å². The Labute approximate surface area is 182 Å².